The number of carbonyl (C=O) groups is 2. The van der Waals surface area contributed by atoms with E-state index in [1.54, 1.807) is 13.2 Å². The van der Waals surface area contributed by atoms with Gasteiger partial charge in [0.05, 0.1) is 13.2 Å². The van der Waals surface area contributed by atoms with E-state index in [4.69, 9.17) is 4.74 Å². The van der Waals surface area contributed by atoms with Crippen LogP contribution >= 0.6 is 11.3 Å². The zero-order valence-corrected chi connectivity index (χ0v) is 18.3. The van der Waals surface area contributed by atoms with E-state index in [2.05, 4.69) is 35.4 Å². The molecule has 0 spiro atoms. The molecule has 158 valence electrons. The molecule has 2 amide bonds. The van der Waals surface area contributed by atoms with Crippen LogP contribution in [0.2, 0.25) is 0 Å². The van der Waals surface area contributed by atoms with Crippen molar-refractivity contribution in [2.45, 2.75) is 32.7 Å². The first kappa shape index (κ1) is 22.9. The van der Waals surface area contributed by atoms with E-state index in [1.165, 1.54) is 11.3 Å². The largest absolute Gasteiger partial charge is 0.497 e. The summed E-state index contributed by atoms with van der Waals surface area (Å²) in [6.45, 7) is 7.04. The molecule has 0 saturated heterocycles. The fourth-order valence-electron chi connectivity index (χ4n) is 3.22. The summed E-state index contributed by atoms with van der Waals surface area (Å²) in [4.78, 5) is 26.5. The molecule has 7 heteroatoms. The van der Waals surface area contributed by atoms with Crippen molar-refractivity contribution in [1.82, 2.24) is 15.5 Å². The third-order valence-electron chi connectivity index (χ3n) is 4.87. The molecule has 0 bridgehead atoms. The maximum atomic E-state index is 12.3. The minimum Gasteiger partial charge on any atom is -0.497 e. The van der Waals surface area contributed by atoms with Gasteiger partial charge in [0, 0.05) is 30.5 Å². The lowest BCUT2D eigenvalue weighted by molar-refractivity contribution is -0.121. The lowest BCUT2D eigenvalue weighted by atomic mass is 10.0. The molecule has 1 atom stereocenters. The second kappa shape index (κ2) is 12.2. The maximum absolute atomic E-state index is 12.3. The first-order valence-corrected chi connectivity index (χ1v) is 11.0. The van der Waals surface area contributed by atoms with Crippen LogP contribution in [0.4, 0.5) is 0 Å². The zero-order valence-electron chi connectivity index (χ0n) is 17.4. The Kier molecular flexibility index (Phi) is 9.67. The smallest absolute Gasteiger partial charge is 0.252 e. The number of rotatable bonds is 12. The molecule has 29 heavy (non-hydrogen) atoms. The molecule has 1 aromatic heterocycles. The Morgan fingerprint density at radius 3 is 2.62 bits per heavy atom. The summed E-state index contributed by atoms with van der Waals surface area (Å²) in [7, 11) is 1.66. The number of ether oxygens (including phenoxy) is 1. The van der Waals surface area contributed by atoms with Crippen molar-refractivity contribution >= 4 is 23.2 Å². The summed E-state index contributed by atoms with van der Waals surface area (Å²) in [5, 5.41) is 9.58. The lowest BCUT2D eigenvalue weighted by Gasteiger charge is -2.30. The highest BCUT2D eigenvalue weighted by molar-refractivity contribution is 7.08. The molecule has 0 unspecified atom stereocenters. The van der Waals surface area contributed by atoms with E-state index in [1.807, 2.05) is 29.0 Å². The first-order valence-electron chi connectivity index (χ1n) is 10.0. The van der Waals surface area contributed by atoms with E-state index >= 15 is 0 Å². The van der Waals surface area contributed by atoms with Gasteiger partial charge in [0.2, 0.25) is 5.91 Å². The Balaban J connectivity index is 1.82. The summed E-state index contributed by atoms with van der Waals surface area (Å²) < 4.78 is 5.35. The Morgan fingerprint density at radius 2 is 1.97 bits per heavy atom. The monoisotopic (exact) mass is 417 g/mol. The first-order chi connectivity index (χ1) is 14.1. The van der Waals surface area contributed by atoms with Crippen molar-refractivity contribution in [2.24, 2.45) is 0 Å². The molecule has 1 heterocycles. The third-order valence-corrected chi connectivity index (χ3v) is 5.56. The Morgan fingerprint density at radius 1 is 1.17 bits per heavy atom. The van der Waals surface area contributed by atoms with Gasteiger partial charge in [-0.05, 0) is 48.7 Å². The number of hydrogen-bond acceptors (Lipinski definition) is 5. The summed E-state index contributed by atoms with van der Waals surface area (Å²) in [6.07, 6.45) is 0.990. The van der Waals surface area contributed by atoms with Crippen LogP contribution in [0.25, 0.3) is 0 Å². The van der Waals surface area contributed by atoms with Crippen LogP contribution in [0.5, 0.6) is 5.75 Å². The number of nitrogens with one attached hydrogen (secondary N) is 2. The maximum Gasteiger partial charge on any atom is 0.252 e. The zero-order chi connectivity index (χ0) is 21.1. The molecular formula is C22H31N3O3S. The van der Waals surface area contributed by atoms with E-state index in [0.29, 0.717) is 31.5 Å². The van der Waals surface area contributed by atoms with Crippen LogP contribution in [-0.4, -0.2) is 50.0 Å². The van der Waals surface area contributed by atoms with Gasteiger partial charge in [-0.25, -0.2) is 0 Å². The van der Waals surface area contributed by atoms with Crippen LogP contribution in [-0.2, 0) is 4.79 Å². The number of hydrogen-bond donors (Lipinski definition) is 2. The number of likely N-dealkylation sites (N-methyl/N-ethyl adjacent to an activating group) is 1. The summed E-state index contributed by atoms with van der Waals surface area (Å²) >= 11 is 1.49. The van der Waals surface area contributed by atoms with E-state index in [-0.39, 0.29) is 17.9 Å². The molecule has 0 aliphatic rings. The minimum atomic E-state index is -0.0914. The number of methoxy groups -OCH3 is 1. The topological polar surface area (TPSA) is 70.7 Å². The summed E-state index contributed by atoms with van der Waals surface area (Å²) in [5.74, 6) is 0.716. The second-order valence-electron chi connectivity index (χ2n) is 6.69. The van der Waals surface area contributed by atoms with Gasteiger partial charge in [-0.1, -0.05) is 26.0 Å². The minimum absolute atomic E-state index is 0.00478. The normalized spacial score (nSPS) is 11.9. The Bertz CT molecular complexity index is 760. The SMILES string of the molecule is CCN(CC)[C@H](CNC(=O)CCCNC(=O)c1ccsc1)c1cccc(OC)c1. The summed E-state index contributed by atoms with van der Waals surface area (Å²) in [6, 6.07) is 9.86. The fourth-order valence-corrected chi connectivity index (χ4v) is 3.85. The summed E-state index contributed by atoms with van der Waals surface area (Å²) in [5.41, 5.74) is 1.79. The second-order valence-corrected chi connectivity index (χ2v) is 7.47. The Labute approximate surface area is 177 Å². The molecule has 2 N–H and O–H groups in total. The van der Waals surface area contributed by atoms with Crippen molar-refractivity contribution in [2.75, 3.05) is 33.3 Å². The Hall–Kier alpha value is -2.38. The average molecular weight is 418 g/mol. The molecule has 0 radical (unpaired) electrons. The van der Waals surface area contributed by atoms with Crippen LogP contribution < -0.4 is 15.4 Å². The van der Waals surface area contributed by atoms with Gasteiger partial charge in [-0.3, -0.25) is 14.5 Å². The van der Waals surface area contributed by atoms with Crippen molar-refractivity contribution in [1.29, 1.82) is 0 Å². The molecular weight excluding hydrogens is 386 g/mol. The van der Waals surface area contributed by atoms with Gasteiger partial charge in [-0.2, -0.15) is 11.3 Å². The molecule has 0 saturated carbocycles. The van der Waals surface area contributed by atoms with Gasteiger partial charge >= 0.3 is 0 Å². The molecule has 0 fully saturated rings. The predicted octanol–water partition coefficient (Wildman–Crippen LogP) is 3.47. The standard InChI is InChI=1S/C22H31N3O3S/c1-4-25(5-2)20(17-8-6-9-19(14-17)28-3)15-24-21(26)10-7-12-23-22(27)18-11-13-29-16-18/h6,8-9,11,13-14,16,20H,4-5,7,10,12,15H2,1-3H3,(H,23,27)(H,24,26)/t20-/m1/s1. The predicted molar refractivity (Wildman–Crippen MR) is 118 cm³/mol. The lowest BCUT2D eigenvalue weighted by Crippen LogP contribution is -2.38. The van der Waals surface area contributed by atoms with Gasteiger partial charge in [0.25, 0.3) is 5.91 Å². The number of nitrogens with zero attached hydrogens (tertiary/aromatic N) is 1. The highest BCUT2D eigenvalue weighted by Crippen LogP contribution is 2.23. The average Bonchev–Trinajstić information content (AvgIpc) is 3.29. The van der Waals surface area contributed by atoms with Gasteiger partial charge in [0.1, 0.15) is 5.75 Å². The number of carbonyl (C=O) groups excluding carboxylic acids is 2. The highest BCUT2D eigenvalue weighted by atomic mass is 32.1. The van der Waals surface area contributed by atoms with Crippen molar-refractivity contribution in [3.8, 4) is 5.75 Å². The van der Waals surface area contributed by atoms with Crippen LogP contribution in [0.3, 0.4) is 0 Å². The molecule has 0 aliphatic carbocycles. The van der Waals surface area contributed by atoms with E-state index in [9.17, 15) is 9.59 Å². The fraction of sp³-hybridized carbons (Fsp3) is 0.455. The number of amides is 2. The number of thiophene rings is 1. The van der Waals surface area contributed by atoms with Crippen LogP contribution in [0, 0.1) is 0 Å². The van der Waals surface area contributed by atoms with E-state index < -0.39 is 0 Å². The van der Waals surface area contributed by atoms with Crippen molar-refractivity contribution < 1.29 is 14.3 Å². The molecule has 2 rings (SSSR count). The quantitative estimate of drug-likeness (QED) is 0.519. The molecule has 1 aromatic carbocycles. The number of benzene rings is 1. The van der Waals surface area contributed by atoms with Crippen molar-refractivity contribution in [3.63, 3.8) is 0 Å². The van der Waals surface area contributed by atoms with Crippen LogP contribution in [0.15, 0.2) is 41.1 Å². The molecule has 0 aliphatic heterocycles. The van der Waals surface area contributed by atoms with Gasteiger partial charge < -0.3 is 15.4 Å². The molecule has 6 nitrogen and oxygen atoms in total. The molecule has 2 aromatic rings. The van der Waals surface area contributed by atoms with Crippen LogP contribution in [0.1, 0.15) is 48.7 Å². The van der Waals surface area contributed by atoms with Crippen molar-refractivity contribution in [3.05, 3.63) is 52.2 Å². The highest BCUT2D eigenvalue weighted by Gasteiger charge is 2.19. The van der Waals surface area contributed by atoms with E-state index in [0.717, 1.165) is 24.4 Å². The van der Waals surface area contributed by atoms with Gasteiger partial charge in [-0.15, -0.1) is 0 Å². The third kappa shape index (κ3) is 7.18. The van der Waals surface area contributed by atoms with Gasteiger partial charge in [0.15, 0.2) is 0 Å².